The average molecular weight is 279 g/mol. The Bertz CT molecular complexity index is 444. The first kappa shape index (κ1) is 16.5. The number of hydrogen-bond acceptors (Lipinski definition) is 4. The largest absolute Gasteiger partial charge is 0.409 e. The Balaban J connectivity index is 2.58. The van der Waals surface area contributed by atoms with Crippen molar-refractivity contribution in [2.75, 3.05) is 20.3 Å². The molecule has 4 N–H and O–H groups in total. The number of rotatable bonds is 8. The van der Waals surface area contributed by atoms with E-state index in [0.717, 1.165) is 30.7 Å². The van der Waals surface area contributed by atoms with Crippen molar-refractivity contribution in [1.29, 1.82) is 0 Å². The third kappa shape index (κ3) is 5.19. The smallest absolute Gasteiger partial charge is 0.170 e. The van der Waals surface area contributed by atoms with Crippen molar-refractivity contribution in [1.82, 2.24) is 5.32 Å². The first-order valence-corrected chi connectivity index (χ1v) is 6.75. The van der Waals surface area contributed by atoms with Gasteiger partial charge in [-0.1, -0.05) is 43.3 Å². The third-order valence-corrected chi connectivity index (χ3v) is 3.30. The molecular formula is C15H25N3O2. The lowest BCUT2D eigenvalue weighted by molar-refractivity contribution is 0.150. The fourth-order valence-corrected chi connectivity index (χ4v) is 1.98. The molecule has 0 aliphatic rings. The molecule has 0 radical (unpaired) electrons. The second kappa shape index (κ2) is 7.87. The van der Waals surface area contributed by atoms with E-state index in [4.69, 9.17) is 15.7 Å². The van der Waals surface area contributed by atoms with Crippen LogP contribution in [0.1, 0.15) is 31.4 Å². The highest BCUT2D eigenvalue weighted by molar-refractivity contribution is 5.98. The molecule has 1 aromatic carbocycles. The summed E-state index contributed by atoms with van der Waals surface area (Å²) in [6, 6.07) is 7.64. The number of ether oxygens (including phenoxy) is 1. The molecule has 112 valence electrons. The van der Waals surface area contributed by atoms with Crippen LogP contribution in [0.15, 0.2) is 29.4 Å². The van der Waals surface area contributed by atoms with Gasteiger partial charge in [0.1, 0.15) is 0 Å². The van der Waals surface area contributed by atoms with Crippen LogP contribution in [0.3, 0.4) is 0 Å². The summed E-state index contributed by atoms with van der Waals surface area (Å²) < 4.78 is 5.12. The lowest BCUT2D eigenvalue weighted by Crippen LogP contribution is -2.30. The Morgan fingerprint density at radius 2 is 2.10 bits per heavy atom. The van der Waals surface area contributed by atoms with Crippen molar-refractivity contribution in [2.45, 2.75) is 26.8 Å². The average Bonchev–Trinajstić information content (AvgIpc) is 2.45. The quantitative estimate of drug-likeness (QED) is 0.294. The highest BCUT2D eigenvalue weighted by Gasteiger charge is 2.17. The standard InChI is InChI=1S/C15H25N3O2/c1-15(2,8-9-20-3)11-17-10-12-6-4-5-7-13(12)14(16)18-19/h4-7,17,19H,8-11H2,1-3H3,(H2,16,18). The second-order valence-electron chi connectivity index (χ2n) is 5.65. The minimum Gasteiger partial charge on any atom is -0.409 e. The zero-order valence-electron chi connectivity index (χ0n) is 12.5. The number of nitrogens with one attached hydrogen (secondary N) is 1. The van der Waals surface area contributed by atoms with Crippen LogP contribution in [-0.4, -0.2) is 31.3 Å². The highest BCUT2D eigenvalue weighted by Crippen LogP contribution is 2.19. The lowest BCUT2D eigenvalue weighted by Gasteiger charge is -2.25. The van der Waals surface area contributed by atoms with E-state index in [1.54, 1.807) is 7.11 Å². The Labute approximate surface area is 120 Å². The van der Waals surface area contributed by atoms with Crippen LogP contribution in [0, 0.1) is 5.41 Å². The van der Waals surface area contributed by atoms with Gasteiger partial charge in [0.25, 0.3) is 0 Å². The Morgan fingerprint density at radius 3 is 2.75 bits per heavy atom. The topological polar surface area (TPSA) is 79.9 Å². The fourth-order valence-electron chi connectivity index (χ4n) is 1.98. The molecule has 0 aromatic heterocycles. The molecule has 0 unspecified atom stereocenters. The predicted octanol–water partition coefficient (Wildman–Crippen LogP) is 1.93. The molecule has 0 heterocycles. The van der Waals surface area contributed by atoms with Crippen molar-refractivity contribution in [3.63, 3.8) is 0 Å². The molecule has 0 fully saturated rings. The fraction of sp³-hybridized carbons (Fsp3) is 0.533. The van der Waals surface area contributed by atoms with E-state index in [2.05, 4.69) is 24.3 Å². The molecule has 5 nitrogen and oxygen atoms in total. The number of benzene rings is 1. The minimum absolute atomic E-state index is 0.140. The molecular weight excluding hydrogens is 254 g/mol. The number of amidine groups is 1. The maximum absolute atomic E-state index is 8.79. The van der Waals surface area contributed by atoms with Crippen molar-refractivity contribution in [3.8, 4) is 0 Å². The van der Waals surface area contributed by atoms with Crippen LogP contribution >= 0.6 is 0 Å². The Hall–Kier alpha value is -1.59. The van der Waals surface area contributed by atoms with Gasteiger partial charge in [0.2, 0.25) is 0 Å². The van der Waals surface area contributed by atoms with E-state index < -0.39 is 0 Å². The maximum Gasteiger partial charge on any atom is 0.170 e. The molecule has 0 saturated heterocycles. The first-order valence-electron chi connectivity index (χ1n) is 6.75. The molecule has 5 heteroatoms. The van der Waals surface area contributed by atoms with Gasteiger partial charge in [0, 0.05) is 32.4 Å². The van der Waals surface area contributed by atoms with Crippen LogP contribution in [0.5, 0.6) is 0 Å². The van der Waals surface area contributed by atoms with Gasteiger partial charge >= 0.3 is 0 Å². The van der Waals surface area contributed by atoms with Gasteiger partial charge in [-0.05, 0) is 17.4 Å². The summed E-state index contributed by atoms with van der Waals surface area (Å²) in [5.41, 5.74) is 7.62. The van der Waals surface area contributed by atoms with Crippen molar-refractivity contribution in [3.05, 3.63) is 35.4 Å². The third-order valence-electron chi connectivity index (χ3n) is 3.30. The summed E-state index contributed by atoms with van der Waals surface area (Å²) in [6.45, 7) is 6.72. The molecule has 0 bridgehead atoms. The number of oxime groups is 1. The van der Waals surface area contributed by atoms with Gasteiger partial charge < -0.3 is 21.0 Å². The molecule has 0 spiro atoms. The number of nitrogens with zero attached hydrogens (tertiary/aromatic N) is 1. The minimum atomic E-state index is 0.140. The monoisotopic (exact) mass is 279 g/mol. The van der Waals surface area contributed by atoms with Crippen LogP contribution in [-0.2, 0) is 11.3 Å². The number of methoxy groups -OCH3 is 1. The van der Waals surface area contributed by atoms with E-state index in [1.807, 2.05) is 24.3 Å². The molecule has 1 aromatic rings. The van der Waals surface area contributed by atoms with E-state index in [-0.39, 0.29) is 11.3 Å². The van der Waals surface area contributed by atoms with E-state index >= 15 is 0 Å². The normalized spacial score (nSPS) is 12.7. The van der Waals surface area contributed by atoms with Gasteiger partial charge in [-0.3, -0.25) is 0 Å². The van der Waals surface area contributed by atoms with Crippen molar-refractivity contribution >= 4 is 5.84 Å². The highest BCUT2D eigenvalue weighted by atomic mass is 16.5. The second-order valence-corrected chi connectivity index (χ2v) is 5.65. The zero-order chi connectivity index (χ0) is 15.0. The molecule has 0 saturated carbocycles. The number of nitrogens with two attached hydrogens (primary N) is 1. The van der Waals surface area contributed by atoms with Crippen molar-refractivity contribution < 1.29 is 9.94 Å². The molecule has 0 aliphatic carbocycles. The predicted molar refractivity (Wildman–Crippen MR) is 80.9 cm³/mol. The van der Waals surface area contributed by atoms with Crippen LogP contribution in [0.25, 0.3) is 0 Å². The maximum atomic E-state index is 8.79. The summed E-state index contributed by atoms with van der Waals surface area (Å²) >= 11 is 0. The van der Waals surface area contributed by atoms with Crippen LogP contribution in [0.4, 0.5) is 0 Å². The Morgan fingerprint density at radius 1 is 1.40 bits per heavy atom. The summed E-state index contributed by atoms with van der Waals surface area (Å²) in [7, 11) is 1.72. The molecule has 0 amide bonds. The van der Waals surface area contributed by atoms with Crippen LogP contribution < -0.4 is 11.1 Å². The van der Waals surface area contributed by atoms with Crippen LogP contribution in [0.2, 0.25) is 0 Å². The first-order chi connectivity index (χ1) is 9.50. The summed E-state index contributed by atoms with van der Waals surface area (Å²) in [5.74, 6) is 0.140. The summed E-state index contributed by atoms with van der Waals surface area (Å²) in [4.78, 5) is 0. The SMILES string of the molecule is COCCC(C)(C)CNCc1ccccc1/C(N)=N/O. The molecule has 1 rings (SSSR count). The van der Waals surface area contributed by atoms with Crippen molar-refractivity contribution in [2.24, 2.45) is 16.3 Å². The Kier molecular flexibility index (Phi) is 6.48. The van der Waals surface area contributed by atoms with Gasteiger partial charge in [0.15, 0.2) is 5.84 Å². The van der Waals surface area contributed by atoms with Gasteiger partial charge in [-0.2, -0.15) is 0 Å². The molecule has 0 atom stereocenters. The lowest BCUT2D eigenvalue weighted by atomic mass is 9.89. The zero-order valence-corrected chi connectivity index (χ0v) is 12.5. The van der Waals surface area contributed by atoms with E-state index in [9.17, 15) is 0 Å². The van der Waals surface area contributed by atoms with Gasteiger partial charge in [0.05, 0.1) is 0 Å². The van der Waals surface area contributed by atoms with Gasteiger partial charge in [-0.15, -0.1) is 0 Å². The van der Waals surface area contributed by atoms with E-state index in [1.165, 1.54) is 0 Å². The summed E-state index contributed by atoms with van der Waals surface area (Å²) in [5, 5.41) is 15.3. The molecule has 20 heavy (non-hydrogen) atoms. The summed E-state index contributed by atoms with van der Waals surface area (Å²) in [6.07, 6.45) is 0.998. The number of hydrogen-bond donors (Lipinski definition) is 3. The van der Waals surface area contributed by atoms with E-state index in [0.29, 0.717) is 6.54 Å². The molecule has 0 aliphatic heterocycles. The van der Waals surface area contributed by atoms with Gasteiger partial charge in [-0.25, -0.2) is 0 Å².